The van der Waals surface area contributed by atoms with Gasteiger partial charge in [0.2, 0.25) is 11.7 Å². The minimum Gasteiger partial charge on any atom is -0.465 e. The molecule has 0 spiro atoms. The van der Waals surface area contributed by atoms with Crippen molar-refractivity contribution in [2.75, 3.05) is 19.5 Å². The summed E-state index contributed by atoms with van der Waals surface area (Å²) in [5, 5.41) is 14.5. The van der Waals surface area contributed by atoms with Gasteiger partial charge in [-0.1, -0.05) is 30.3 Å². The lowest BCUT2D eigenvalue weighted by atomic mass is 10.1. The van der Waals surface area contributed by atoms with E-state index in [1.54, 1.807) is 0 Å². The first-order valence-corrected chi connectivity index (χ1v) is 8.45. The number of rotatable bonds is 6. The number of carbonyl (C=O) groups excluding carboxylic acids is 3. The minimum atomic E-state index is -0.665. The predicted molar refractivity (Wildman–Crippen MR) is 101 cm³/mol. The average Bonchev–Trinajstić information content (AvgIpc) is 3.21. The Morgan fingerprint density at radius 3 is 2.41 bits per heavy atom. The highest BCUT2D eigenvalue weighted by molar-refractivity contribution is 6.03. The first-order chi connectivity index (χ1) is 14.0. The molecular weight excluding hydrogens is 378 g/mol. The molecule has 1 heterocycles. The van der Waals surface area contributed by atoms with Crippen LogP contribution in [-0.4, -0.2) is 52.3 Å². The number of aromatic nitrogens is 4. The maximum Gasteiger partial charge on any atom is 0.339 e. The number of hydrogen-bond donors (Lipinski definition) is 1. The van der Waals surface area contributed by atoms with Crippen molar-refractivity contribution in [2.45, 2.75) is 6.54 Å². The number of anilines is 1. The van der Waals surface area contributed by atoms with Crippen LogP contribution in [0.4, 0.5) is 5.69 Å². The fourth-order valence-electron chi connectivity index (χ4n) is 2.51. The summed E-state index contributed by atoms with van der Waals surface area (Å²) in [5.74, 6) is -1.42. The van der Waals surface area contributed by atoms with E-state index >= 15 is 0 Å². The van der Waals surface area contributed by atoms with Gasteiger partial charge in [-0.15, -0.1) is 10.2 Å². The maximum absolute atomic E-state index is 12.4. The summed E-state index contributed by atoms with van der Waals surface area (Å²) in [6.07, 6.45) is 0. The zero-order valence-electron chi connectivity index (χ0n) is 15.7. The van der Waals surface area contributed by atoms with Gasteiger partial charge in [-0.05, 0) is 23.4 Å². The van der Waals surface area contributed by atoms with Crippen molar-refractivity contribution in [1.82, 2.24) is 20.2 Å². The molecule has 0 aliphatic heterocycles. The zero-order chi connectivity index (χ0) is 20.8. The molecule has 0 saturated carbocycles. The Balaban J connectivity index is 1.78. The number of nitrogens with one attached hydrogen (secondary N) is 1. The van der Waals surface area contributed by atoms with Crippen LogP contribution in [0.15, 0.2) is 48.5 Å². The first-order valence-electron chi connectivity index (χ1n) is 8.45. The molecule has 0 fully saturated rings. The quantitative estimate of drug-likeness (QED) is 0.623. The fourth-order valence-corrected chi connectivity index (χ4v) is 2.51. The topological polar surface area (TPSA) is 125 Å². The van der Waals surface area contributed by atoms with Gasteiger partial charge < -0.3 is 14.8 Å². The Bertz CT molecular complexity index is 1050. The van der Waals surface area contributed by atoms with Gasteiger partial charge in [-0.3, -0.25) is 4.79 Å². The van der Waals surface area contributed by atoms with Crippen LogP contribution in [0.1, 0.15) is 20.7 Å². The van der Waals surface area contributed by atoms with E-state index in [0.29, 0.717) is 5.82 Å². The summed E-state index contributed by atoms with van der Waals surface area (Å²) in [4.78, 5) is 37.3. The van der Waals surface area contributed by atoms with E-state index in [-0.39, 0.29) is 23.4 Å². The van der Waals surface area contributed by atoms with Crippen molar-refractivity contribution < 1.29 is 23.9 Å². The average molecular weight is 395 g/mol. The van der Waals surface area contributed by atoms with Gasteiger partial charge in [0.15, 0.2) is 0 Å². The maximum atomic E-state index is 12.4. The first kappa shape index (κ1) is 19.7. The van der Waals surface area contributed by atoms with Gasteiger partial charge >= 0.3 is 11.9 Å². The summed E-state index contributed by atoms with van der Waals surface area (Å²) >= 11 is 0. The lowest BCUT2D eigenvalue weighted by molar-refractivity contribution is -0.117. The largest absolute Gasteiger partial charge is 0.465 e. The van der Waals surface area contributed by atoms with E-state index in [9.17, 15) is 14.4 Å². The number of nitrogens with zero attached hydrogens (tertiary/aromatic N) is 4. The van der Waals surface area contributed by atoms with Crippen molar-refractivity contribution in [1.29, 1.82) is 0 Å². The Morgan fingerprint density at radius 1 is 1.00 bits per heavy atom. The molecule has 0 atom stereocenters. The minimum absolute atomic E-state index is 0.0880. The van der Waals surface area contributed by atoms with E-state index in [0.717, 1.165) is 10.4 Å². The van der Waals surface area contributed by atoms with E-state index in [1.165, 1.54) is 32.4 Å². The molecule has 2 aromatic carbocycles. The molecule has 1 N–H and O–H groups in total. The normalized spacial score (nSPS) is 10.3. The van der Waals surface area contributed by atoms with Gasteiger partial charge in [0, 0.05) is 5.56 Å². The van der Waals surface area contributed by atoms with Crippen molar-refractivity contribution in [2.24, 2.45) is 0 Å². The molecule has 0 aliphatic carbocycles. The molecule has 10 nitrogen and oxygen atoms in total. The SMILES string of the molecule is COC(=O)c1ccc(C(=O)OC)c(NC(=O)Cn2nnc(-c3ccccc3)n2)c1. The van der Waals surface area contributed by atoms with Crippen molar-refractivity contribution in [3.05, 3.63) is 59.7 Å². The highest BCUT2D eigenvalue weighted by Crippen LogP contribution is 2.20. The Labute approximate surface area is 165 Å². The molecule has 0 radical (unpaired) electrons. The summed E-state index contributed by atoms with van der Waals surface area (Å²) in [5.41, 5.74) is 1.12. The van der Waals surface area contributed by atoms with Gasteiger partial charge in [0.1, 0.15) is 6.54 Å². The number of hydrogen-bond acceptors (Lipinski definition) is 8. The second kappa shape index (κ2) is 8.74. The van der Waals surface area contributed by atoms with Crippen molar-refractivity contribution >= 4 is 23.5 Å². The van der Waals surface area contributed by atoms with Gasteiger partial charge in [-0.25, -0.2) is 9.59 Å². The number of amides is 1. The predicted octanol–water partition coefficient (Wildman–Crippen LogP) is 1.55. The van der Waals surface area contributed by atoms with E-state index in [1.807, 2.05) is 30.3 Å². The van der Waals surface area contributed by atoms with Crippen LogP contribution in [0.25, 0.3) is 11.4 Å². The summed E-state index contributed by atoms with van der Waals surface area (Å²) in [6, 6.07) is 13.3. The number of benzene rings is 2. The summed E-state index contributed by atoms with van der Waals surface area (Å²) in [6.45, 7) is -0.247. The fraction of sp³-hybridized carbons (Fsp3) is 0.158. The van der Waals surface area contributed by atoms with Crippen LogP contribution in [0.2, 0.25) is 0 Å². The molecule has 10 heteroatoms. The lowest BCUT2D eigenvalue weighted by Gasteiger charge is -2.11. The second-order valence-corrected chi connectivity index (χ2v) is 5.80. The van der Waals surface area contributed by atoms with Crippen molar-refractivity contribution in [3.63, 3.8) is 0 Å². The number of esters is 2. The molecule has 3 rings (SSSR count). The number of methoxy groups -OCH3 is 2. The second-order valence-electron chi connectivity index (χ2n) is 5.80. The molecule has 148 valence electrons. The zero-order valence-corrected chi connectivity index (χ0v) is 15.7. The number of carbonyl (C=O) groups is 3. The molecule has 29 heavy (non-hydrogen) atoms. The van der Waals surface area contributed by atoms with Crippen molar-refractivity contribution in [3.8, 4) is 11.4 Å². The molecule has 1 amide bonds. The highest BCUT2D eigenvalue weighted by atomic mass is 16.5. The molecule has 0 unspecified atom stereocenters. The molecule has 0 bridgehead atoms. The standard InChI is InChI=1S/C19H17N5O5/c1-28-18(26)13-8-9-14(19(27)29-2)15(10-13)20-16(25)11-24-22-17(21-23-24)12-6-4-3-5-7-12/h3-10H,11H2,1-2H3,(H,20,25). The summed E-state index contributed by atoms with van der Waals surface area (Å²) in [7, 11) is 2.45. The summed E-state index contributed by atoms with van der Waals surface area (Å²) < 4.78 is 9.37. The van der Waals surface area contributed by atoms with Gasteiger partial charge in [-0.2, -0.15) is 4.80 Å². The molecule has 0 saturated heterocycles. The van der Waals surface area contributed by atoms with E-state index in [4.69, 9.17) is 4.74 Å². The van der Waals surface area contributed by atoms with E-state index in [2.05, 4.69) is 25.5 Å². The molecule has 3 aromatic rings. The highest BCUT2D eigenvalue weighted by Gasteiger charge is 2.18. The molecule has 1 aromatic heterocycles. The van der Waals surface area contributed by atoms with Gasteiger partial charge in [0.05, 0.1) is 31.0 Å². The monoisotopic (exact) mass is 395 g/mol. The van der Waals surface area contributed by atoms with Gasteiger partial charge in [0.25, 0.3) is 0 Å². The van der Waals surface area contributed by atoms with Crippen LogP contribution in [0, 0.1) is 0 Å². The van der Waals surface area contributed by atoms with Crippen LogP contribution in [0.3, 0.4) is 0 Å². The molecular formula is C19H17N5O5. The van der Waals surface area contributed by atoms with E-state index < -0.39 is 17.8 Å². The van der Waals surface area contributed by atoms with Crippen LogP contribution in [0.5, 0.6) is 0 Å². The number of ether oxygens (including phenoxy) is 2. The third-order valence-electron chi connectivity index (χ3n) is 3.89. The molecule has 0 aliphatic rings. The Kier molecular flexibility index (Phi) is 5.93. The smallest absolute Gasteiger partial charge is 0.339 e. The third-order valence-corrected chi connectivity index (χ3v) is 3.89. The van der Waals surface area contributed by atoms with Crippen LogP contribution in [-0.2, 0) is 20.8 Å². The lowest BCUT2D eigenvalue weighted by Crippen LogP contribution is -2.22. The third kappa shape index (κ3) is 4.61. The van der Waals surface area contributed by atoms with Crippen LogP contribution >= 0.6 is 0 Å². The Morgan fingerprint density at radius 2 is 1.72 bits per heavy atom. The Hall–Kier alpha value is -4.08. The number of tetrazole rings is 1. The van der Waals surface area contributed by atoms with Crippen LogP contribution < -0.4 is 5.32 Å².